The van der Waals surface area contributed by atoms with Crippen molar-refractivity contribution in [2.24, 2.45) is 5.92 Å². The first-order chi connectivity index (χ1) is 7.29. The van der Waals surface area contributed by atoms with Crippen LogP contribution in [-0.2, 0) is 6.42 Å². The fourth-order valence-electron chi connectivity index (χ4n) is 2.55. The van der Waals surface area contributed by atoms with E-state index in [1.807, 2.05) is 6.20 Å². The van der Waals surface area contributed by atoms with Crippen LogP contribution >= 0.6 is 0 Å². The second kappa shape index (κ2) is 4.65. The summed E-state index contributed by atoms with van der Waals surface area (Å²) in [7, 11) is 0. The lowest BCUT2D eigenvalue weighted by Crippen LogP contribution is -2.12. The van der Waals surface area contributed by atoms with Crippen molar-refractivity contribution in [2.75, 3.05) is 0 Å². The van der Waals surface area contributed by atoms with E-state index in [1.165, 1.54) is 31.4 Å². The average molecular weight is 204 g/mol. The van der Waals surface area contributed by atoms with E-state index in [0.29, 0.717) is 0 Å². The van der Waals surface area contributed by atoms with Gasteiger partial charge in [-0.25, -0.2) is 4.98 Å². The van der Waals surface area contributed by atoms with E-state index in [0.717, 1.165) is 12.3 Å². The molecule has 0 aromatic carbocycles. The summed E-state index contributed by atoms with van der Waals surface area (Å²) in [6.07, 6.45) is 10.1. The van der Waals surface area contributed by atoms with Gasteiger partial charge in [0, 0.05) is 11.9 Å². The molecule has 0 amide bonds. The minimum Gasteiger partial charge on any atom is -0.348 e. The summed E-state index contributed by atoms with van der Waals surface area (Å²) in [6, 6.07) is 0. The van der Waals surface area contributed by atoms with Crippen molar-refractivity contribution in [3.05, 3.63) is 29.4 Å². The van der Waals surface area contributed by atoms with Crippen molar-refractivity contribution in [1.82, 2.24) is 9.97 Å². The van der Waals surface area contributed by atoms with Gasteiger partial charge in [0.15, 0.2) is 0 Å². The third-order valence-corrected chi connectivity index (χ3v) is 3.56. The molecule has 82 valence electrons. The summed E-state index contributed by atoms with van der Waals surface area (Å²) in [5, 5.41) is 0. The van der Waals surface area contributed by atoms with Gasteiger partial charge >= 0.3 is 0 Å². The number of hydrogen-bond acceptors (Lipinski definition) is 1. The van der Waals surface area contributed by atoms with Gasteiger partial charge in [-0.05, 0) is 44.9 Å². The number of rotatable bonds is 3. The van der Waals surface area contributed by atoms with Gasteiger partial charge in [0.25, 0.3) is 0 Å². The van der Waals surface area contributed by atoms with Crippen molar-refractivity contribution >= 4 is 0 Å². The van der Waals surface area contributed by atoms with Crippen LogP contribution in [0, 0.1) is 5.92 Å². The van der Waals surface area contributed by atoms with Gasteiger partial charge in [0.2, 0.25) is 0 Å². The number of H-pyrrole nitrogens is 1. The molecule has 0 aliphatic heterocycles. The molecule has 1 aromatic rings. The van der Waals surface area contributed by atoms with Crippen LogP contribution in [0.4, 0.5) is 0 Å². The minimum atomic E-state index is 0.823. The topological polar surface area (TPSA) is 28.7 Å². The fourth-order valence-corrected chi connectivity index (χ4v) is 2.55. The number of imidazole rings is 1. The number of nitrogens with zero attached hydrogens (tertiary/aromatic N) is 1. The van der Waals surface area contributed by atoms with Gasteiger partial charge in [0.05, 0.1) is 6.33 Å². The molecule has 1 aromatic heterocycles. The maximum absolute atomic E-state index is 4.07. The van der Waals surface area contributed by atoms with Crippen molar-refractivity contribution in [2.45, 2.75) is 46.0 Å². The summed E-state index contributed by atoms with van der Waals surface area (Å²) in [5.74, 6) is 0.823. The van der Waals surface area contributed by atoms with Gasteiger partial charge < -0.3 is 4.98 Å². The molecule has 1 atom stereocenters. The van der Waals surface area contributed by atoms with E-state index in [4.69, 9.17) is 0 Å². The van der Waals surface area contributed by atoms with Crippen LogP contribution < -0.4 is 0 Å². The Morgan fingerprint density at radius 1 is 1.53 bits per heavy atom. The SMILES string of the molecule is CCC1=C(C)CC[C@H](Cc2cnc[nH]2)C1. The Labute approximate surface area is 91.8 Å². The molecule has 0 spiro atoms. The highest BCUT2D eigenvalue weighted by molar-refractivity contribution is 5.16. The van der Waals surface area contributed by atoms with Gasteiger partial charge in [-0.15, -0.1) is 0 Å². The van der Waals surface area contributed by atoms with Gasteiger partial charge in [-0.1, -0.05) is 18.1 Å². The summed E-state index contributed by atoms with van der Waals surface area (Å²) in [4.78, 5) is 7.28. The lowest BCUT2D eigenvalue weighted by atomic mass is 9.81. The molecular weight excluding hydrogens is 184 g/mol. The zero-order valence-corrected chi connectivity index (χ0v) is 9.71. The largest absolute Gasteiger partial charge is 0.348 e. The molecule has 1 heterocycles. The molecule has 0 unspecified atom stereocenters. The van der Waals surface area contributed by atoms with Crippen molar-refractivity contribution in [1.29, 1.82) is 0 Å². The Kier molecular flexibility index (Phi) is 3.24. The van der Waals surface area contributed by atoms with Crippen LogP contribution in [-0.4, -0.2) is 9.97 Å². The first-order valence-electron chi connectivity index (χ1n) is 5.94. The molecule has 0 saturated heterocycles. The van der Waals surface area contributed by atoms with Crippen molar-refractivity contribution < 1.29 is 0 Å². The molecule has 0 fully saturated rings. The van der Waals surface area contributed by atoms with Crippen LogP contribution in [0.5, 0.6) is 0 Å². The van der Waals surface area contributed by atoms with Crippen molar-refractivity contribution in [3.63, 3.8) is 0 Å². The normalized spacial score (nSPS) is 22.1. The molecule has 2 nitrogen and oxygen atoms in total. The first-order valence-corrected chi connectivity index (χ1v) is 5.94. The third-order valence-electron chi connectivity index (χ3n) is 3.56. The second-order valence-electron chi connectivity index (χ2n) is 4.63. The van der Waals surface area contributed by atoms with E-state index in [1.54, 1.807) is 17.5 Å². The van der Waals surface area contributed by atoms with E-state index >= 15 is 0 Å². The Bertz CT molecular complexity index is 335. The van der Waals surface area contributed by atoms with Gasteiger partial charge in [-0.3, -0.25) is 0 Å². The van der Waals surface area contributed by atoms with Gasteiger partial charge in [-0.2, -0.15) is 0 Å². The summed E-state index contributed by atoms with van der Waals surface area (Å²) in [5.41, 5.74) is 4.61. The fraction of sp³-hybridized carbons (Fsp3) is 0.615. The summed E-state index contributed by atoms with van der Waals surface area (Å²) < 4.78 is 0. The zero-order chi connectivity index (χ0) is 10.7. The van der Waals surface area contributed by atoms with E-state index in [-0.39, 0.29) is 0 Å². The predicted octanol–water partition coefficient (Wildman–Crippen LogP) is 3.48. The minimum absolute atomic E-state index is 0.823. The third kappa shape index (κ3) is 2.49. The number of aromatic amines is 1. The van der Waals surface area contributed by atoms with Crippen LogP contribution in [0.1, 0.15) is 45.2 Å². The maximum atomic E-state index is 4.07. The highest BCUT2D eigenvalue weighted by Crippen LogP contribution is 2.32. The average Bonchev–Trinajstić information content (AvgIpc) is 2.73. The van der Waals surface area contributed by atoms with E-state index in [9.17, 15) is 0 Å². The molecule has 1 aliphatic carbocycles. The van der Waals surface area contributed by atoms with Crippen LogP contribution in [0.25, 0.3) is 0 Å². The van der Waals surface area contributed by atoms with Crippen LogP contribution in [0.15, 0.2) is 23.7 Å². The molecule has 1 aliphatic rings. The molecule has 2 rings (SSSR count). The molecule has 2 heteroatoms. The standard InChI is InChI=1S/C13H20N2/c1-3-12-6-11(5-4-10(12)2)7-13-8-14-9-15-13/h8-9,11H,3-7H2,1-2H3,(H,14,15)/t11-/m0/s1. The Morgan fingerprint density at radius 2 is 2.40 bits per heavy atom. The maximum Gasteiger partial charge on any atom is 0.0921 e. The van der Waals surface area contributed by atoms with E-state index in [2.05, 4.69) is 23.8 Å². The Hall–Kier alpha value is -1.05. The smallest absolute Gasteiger partial charge is 0.0921 e. The number of aromatic nitrogens is 2. The van der Waals surface area contributed by atoms with Crippen LogP contribution in [0.2, 0.25) is 0 Å². The zero-order valence-electron chi connectivity index (χ0n) is 9.71. The second-order valence-corrected chi connectivity index (χ2v) is 4.63. The molecule has 15 heavy (non-hydrogen) atoms. The molecule has 0 radical (unpaired) electrons. The molecular formula is C13H20N2. The number of allylic oxidation sites excluding steroid dienone is 2. The first kappa shape index (κ1) is 10.5. The highest BCUT2D eigenvalue weighted by Gasteiger charge is 2.18. The van der Waals surface area contributed by atoms with E-state index < -0.39 is 0 Å². The monoisotopic (exact) mass is 204 g/mol. The quantitative estimate of drug-likeness (QED) is 0.750. The number of hydrogen-bond donors (Lipinski definition) is 1. The Balaban J connectivity index is 1.97. The highest BCUT2D eigenvalue weighted by atomic mass is 14.9. The van der Waals surface area contributed by atoms with Crippen molar-refractivity contribution in [3.8, 4) is 0 Å². The summed E-state index contributed by atoms with van der Waals surface area (Å²) >= 11 is 0. The van der Waals surface area contributed by atoms with Gasteiger partial charge in [0.1, 0.15) is 0 Å². The summed E-state index contributed by atoms with van der Waals surface area (Å²) in [6.45, 7) is 4.57. The lowest BCUT2D eigenvalue weighted by molar-refractivity contribution is 0.443. The predicted molar refractivity (Wildman–Crippen MR) is 62.6 cm³/mol. The van der Waals surface area contributed by atoms with Crippen LogP contribution in [0.3, 0.4) is 0 Å². The Morgan fingerprint density at radius 3 is 3.07 bits per heavy atom. The lowest BCUT2D eigenvalue weighted by Gasteiger charge is -2.25. The molecule has 1 N–H and O–H groups in total. The number of nitrogens with one attached hydrogen (secondary N) is 1. The molecule has 0 saturated carbocycles. The molecule has 0 bridgehead atoms.